The molecule has 1 aliphatic heterocycles. The number of carbonyl (C=O) groups is 2. The van der Waals surface area contributed by atoms with Crippen molar-refractivity contribution in [3.8, 4) is 5.75 Å². The first-order valence-corrected chi connectivity index (χ1v) is 5.96. The Hall–Kier alpha value is -2.11. The van der Waals surface area contributed by atoms with Crippen LogP contribution in [0.15, 0.2) is 18.2 Å². The number of hydrogen-bond donors (Lipinski definition) is 2. The lowest BCUT2D eigenvalue weighted by Gasteiger charge is -2.11. The second-order valence-corrected chi connectivity index (χ2v) is 4.68. The Labute approximate surface area is 110 Å². The number of phenolic OH excluding ortho intramolecular Hbond substituents is 1. The van der Waals surface area contributed by atoms with E-state index in [1.807, 2.05) is 0 Å². The molecule has 1 aromatic carbocycles. The van der Waals surface area contributed by atoms with Crippen molar-refractivity contribution in [1.82, 2.24) is 10.2 Å². The number of likely N-dealkylation sites (tertiary alicyclic amines) is 1. The van der Waals surface area contributed by atoms with Gasteiger partial charge in [0.25, 0.3) is 0 Å². The number of carbonyl (C=O) groups excluding carboxylic acids is 2. The number of benzene rings is 1. The second-order valence-electron chi connectivity index (χ2n) is 4.68. The molecule has 2 rings (SSSR count). The topological polar surface area (TPSA) is 69.6 Å². The van der Waals surface area contributed by atoms with E-state index in [4.69, 9.17) is 5.11 Å². The van der Waals surface area contributed by atoms with E-state index >= 15 is 0 Å². The first-order valence-electron chi connectivity index (χ1n) is 5.96. The van der Waals surface area contributed by atoms with Crippen LogP contribution in [0, 0.1) is 11.7 Å². The molecule has 0 aliphatic carbocycles. The van der Waals surface area contributed by atoms with E-state index in [-0.39, 0.29) is 30.7 Å². The Bertz CT molecular complexity index is 519. The molecule has 6 heteroatoms. The fourth-order valence-electron chi connectivity index (χ4n) is 2.03. The molecular weight excluding hydrogens is 251 g/mol. The summed E-state index contributed by atoms with van der Waals surface area (Å²) in [6.45, 7) is 0.582. The zero-order valence-corrected chi connectivity index (χ0v) is 10.5. The minimum absolute atomic E-state index is 0.0455. The predicted molar refractivity (Wildman–Crippen MR) is 65.7 cm³/mol. The monoisotopic (exact) mass is 266 g/mol. The van der Waals surface area contributed by atoms with Gasteiger partial charge in [0.2, 0.25) is 11.8 Å². The Kier molecular flexibility index (Phi) is 3.69. The molecule has 2 amide bonds. The minimum atomic E-state index is -0.720. The second kappa shape index (κ2) is 5.26. The third kappa shape index (κ3) is 3.01. The first kappa shape index (κ1) is 13.3. The number of phenols is 1. The van der Waals surface area contributed by atoms with Gasteiger partial charge in [0.15, 0.2) is 11.6 Å². The smallest absolute Gasteiger partial charge is 0.225 e. The van der Waals surface area contributed by atoms with Crippen molar-refractivity contribution in [2.45, 2.75) is 13.0 Å². The van der Waals surface area contributed by atoms with Crippen LogP contribution in [0.3, 0.4) is 0 Å². The molecule has 0 saturated carbocycles. The number of nitrogens with one attached hydrogen (secondary N) is 1. The number of rotatable bonds is 3. The van der Waals surface area contributed by atoms with Crippen molar-refractivity contribution in [2.24, 2.45) is 5.92 Å². The van der Waals surface area contributed by atoms with Crippen LogP contribution in [0.4, 0.5) is 4.39 Å². The summed E-state index contributed by atoms with van der Waals surface area (Å²) in [6.07, 6.45) is 0.215. The standard InChI is InChI=1S/C13H15FN2O3/c1-16-7-9(5-12(16)18)13(19)15-6-8-2-3-11(17)10(14)4-8/h2-4,9,17H,5-7H2,1H3,(H,15,19). The molecule has 102 valence electrons. The van der Waals surface area contributed by atoms with Crippen LogP contribution in [0.25, 0.3) is 0 Å². The summed E-state index contributed by atoms with van der Waals surface area (Å²) in [7, 11) is 1.66. The van der Waals surface area contributed by atoms with E-state index in [2.05, 4.69) is 5.32 Å². The largest absolute Gasteiger partial charge is 0.505 e. The van der Waals surface area contributed by atoms with Crippen LogP contribution in [-0.4, -0.2) is 35.4 Å². The summed E-state index contributed by atoms with van der Waals surface area (Å²) in [5, 5.41) is 11.7. The van der Waals surface area contributed by atoms with Crippen molar-refractivity contribution >= 4 is 11.8 Å². The molecule has 1 fully saturated rings. The molecular formula is C13H15FN2O3. The molecule has 1 unspecified atom stereocenters. The van der Waals surface area contributed by atoms with Crippen molar-refractivity contribution in [3.05, 3.63) is 29.6 Å². The van der Waals surface area contributed by atoms with Gasteiger partial charge in [-0.05, 0) is 17.7 Å². The first-order chi connectivity index (χ1) is 8.97. The molecule has 1 aliphatic rings. The van der Waals surface area contributed by atoms with Gasteiger partial charge in [-0.3, -0.25) is 9.59 Å². The molecule has 0 radical (unpaired) electrons. The van der Waals surface area contributed by atoms with Gasteiger partial charge >= 0.3 is 0 Å². The Morgan fingerprint density at radius 3 is 2.89 bits per heavy atom. The number of nitrogens with zero attached hydrogens (tertiary/aromatic N) is 1. The highest BCUT2D eigenvalue weighted by Gasteiger charge is 2.31. The highest BCUT2D eigenvalue weighted by Crippen LogP contribution is 2.18. The van der Waals surface area contributed by atoms with Gasteiger partial charge < -0.3 is 15.3 Å². The fourth-order valence-corrected chi connectivity index (χ4v) is 2.03. The third-order valence-corrected chi connectivity index (χ3v) is 3.19. The van der Waals surface area contributed by atoms with E-state index in [0.717, 1.165) is 0 Å². The van der Waals surface area contributed by atoms with Gasteiger partial charge in [-0.1, -0.05) is 6.07 Å². The number of aromatic hydroxyl groups is 1. The van der Waals surface area contributed by atoms with Crippen LogP contribution in [0.5, 0.6) is 5.75 Å². The van der Waals surface area contributed by atoms with Gasteiger partial charge in [-0.25, -0.2) is 4.39 Å². The molecule has 1 saturated heterocycles. The molecule has 0 aromatic heterocycles. The van der Waals surface area contributed by atoms with Crippen molar-refractivity contribution in [3.63, 3.8) is 0 Å². The molecule has 19 heavy (non-hydrogen) atoms. The average molecular weight is 266 g/mol. The summed E-state index contributed by atoms with van der Waals surface area (Å²) in [6, 6.07) is 3.94. The lowest BCUT2D eigenvalue weighted by atomic mass is 10.1. The Morgan fingerprint density at radius 1 is 1.58 bits per heavy atom. The summed E-state index contributed by atoms with van der Waals surface area (Å²) in [4.78, 5) is 24.7. The van der Waals surface area contributed by atoms with E-state index < -0.39 is 11.6 Å². The summed E-state index contributed by atoms with van der Waals surface area (Å²) >= 11 is 0. The van der Waals surface area contributed by atoms with Crippen molar-refractivity contribution < 1.29 is 19.1 Å². The van der Waals surface area contributed by atoms with Crippen LogP contribution in [-0.2, 0) is 16.1 Å². The van der Waals surface area contributed by atoms with E-state index in [0.29, 0.717) is 12.1 Å². The maximum Gasteiger partial charge on any atom is 0.225 e. The number of halogens is 1. The van der Waals surface area contributed by atoms with E-state index in [1.165, 1.54) is 23.1 Å². The van der Waals surface area contributed by atoms with Gasteiger partial charge in [-0.2, -0.15) is 0 Å². The predicted octanol–water partition coefficient (Wildman–Crippen LogP) is 0.626. The third-order valence-electron chi connectivity index (χ3n) is 3.19. The maximum atomic E-state index is 13.1. The number of hydrogen-bond acceptors (Lipinski definition) is 3. The summed E-state index contributed by atoms with van der Waals surface area (Å²) in [5.74, 6) is -1.75. The Balaban J connectivity index is 1.90. The zero-order valence-electron chi connectivity index (χ0n) is 10.5. The fraction of sp³-hybridized carbons (Fsp3) is 0.385. The highest BCUT2D eigenvalue weighted by molar-refractivity contribution is 5.89. The van der Waals surface area contributed by atoms with Crippen molar-refractivity contribution in [1.29, 1.82) is 0 Å². The quantitative estimate of drug-likeness (QED) is 0.843. The lowest BCUT2D eigenvalue weighted by Crippen LogP contribution is -2.31. The molecule has 5 nitrogen and oxygen atoms in total. The summed E-state index contributed by atoms with van der Waals surface area (Å²) in [5.41, 5.74) is 0.557. The average Bonchev–Trinajstić information content (AvgIpc) is 2.71. The van der Waals surface area contributed by atoms with Gasteiger partial charge in [0, 0.05) is 26.6 Å². The highest BCUT2D eigenvalue weighted by atomic mass is 19.1. The van der Waals surface area contributed by atoms with E-state index in [9.17, 15) is 14.0 Å². The summed E-state index contributed by atoms with van der Waals surface area (Å²) < 4.78 is 13.1. The maximum absolute atomic E-state index is 13.1. The number of amides is 2. The van der Waals surface area contributed by atoms with E-state index in [1.54, 1.807) is 7.05 Å². The lowest BCUT2D eigenvalue weighted by molar-refractivity contribution is -0.128. The van der Waals surface area contributed by atoms with Gasteiger partial charge in [-0.15, -0.1) is 0 Å². The Morgan fingerprint density at radius 2 is 2.32 bits per heavy atom. The van der Waals surface area contributed by atoms with Crippen LogP contribution >= 0.6 is 0 Å². The van der Waals surface area contributed by atoms with Crippen LogP contribution < -0.4 is 5.32 Å². The van der Waals surface area contributed by atoms with Crippen LogP contribution in [0.2, 0.25) is 0 Å². The SMILES string of the molecule is CN1CC(C(=O)NCc2ccc(O)c(F)c2)CC1=O. The minimum Gasteiger partial charge on any atom is -0.505 e. The molecule has 1 heterocycles. The normalized spacial score (nSPS) is 18.7. The van der Waals surface area contributed by atoms with Gasteiger partial charge in [0.05, 0.1) is 5.92 Å². The van der Waals surface area contributed by atoms with Crippen molar-refractivity contribution in [2.75, 3.05) is 13.6 Å². The molecule has 1 aromatic rings. The molecule has 0 bridgehead atoms. The van der Waals surface area contributed by atoms with Crippen LogP contribution in [0.1, 0.15) is 12.0 Å². The molecule has 0 spiro atoms. The molecule has 1 atom stereocenters. The zero-order chi connectivity index (χ0) is 14.0. The van der Waals surface area contributed by atoms with Gasteiger partial charge in [0.1, 0.15) is 0 Å². The molecule has 2 N–H and O–H groups in total.